The largest absolute Gasteiger partial charge is 0.355 e. The first kappa shape index (κ1) is 16.9. The van der Waals surface area contributed by atoms with Crippen LogP contribution in [0.25, 0.3) is 16.5 Å². The smallest absolute Gasteiger partial charge is 0.244 e. The SMILES string of the molecule is CC(=O)NCCNC(=O)/C=C/c1ccc(-c2ccc(F)cc2)s1. The first-order chi connectivity index (χ1) is 11.0. The molecule has 2 rings (SSSR count). The van der Waals surface area contributed by atoms with Crippen LogP contribution in [0.15, 0.2) is 42.5 Å². The summed E-state index contributed by atoms with van der Waals surface area (Å²) >= 11 is 1.52. The Balaban J connectivity index is 1.87. The van der Waals surface area contributed by atoms with Gasteiger partial charge in [-0.25, -0.2) is 4.39 Å². The van der Waals surface area contributed by atoms with Gasteiger partial charge in [0.2, 0.25) is 11.8 Å². The van der Waals surface area contributed by atoms with Crippen LogP contribution in [0.3, 0.4) is 0 Å². The molecule has 0 atom stereocenters. The van der Waals surface area contributed by atoms with Crippen molar-refractivity contribution in [1.82, 2.24) is 10.6 Å². The van der Waals surface area contributed by atoms with Crippen molar-refractivity contribution in [2.24, 2.45) is 0 Å². The highest BCUT2D eigenvalue weighted by atomic mass is 32.1. The van der Waals surface area contributed by atoms with Gasteiger partial charge in [0, 0.05) is 35.8 Å². The third kappa shape index (κ3) is 5.67. The lowest BCUT2D eigenvalue weighted by Crippen LogP contribution is -2.32. The predicted octanol–water partition coefficient (Wildman–Crippen LogP) is 2.82. The molecule has 0 saturated heterocycles. The van der Waals surface area contributed by atoms with E-state index < -0.39 is 0 Å². The fraction of sp³-hybridized carbons (Fsp3) is 0.176. The standard InChI is InChI=1S/C17H17FN2O2S/c1-12(21)19-10-11-20-17(22)9-7-15-6-8-16(23-15)13-2-4-14(18)5-3-13/h2-9H,10-11H2,1H3,(H,19,21)(H,20,22)/b9-7+. The van der Waals surface area contributed by atoms with Crippen LogP contribution in [0.1, 0.15) is 11.8 Å². The van der Waals surface area contributed by atoms with Crippen LogP contribution in [-0.4, -0.2) is 24.9 Å². The maximum atomic E-state index is 12.9. The maximum absolute atomic E-state index is 12.9. The number of hydrogen-bond acceptors (Lipinski definition) is 3. The molecule has 1 aromatic heterocycles. The number of halogens is 1. The Labute approximate surface area is 138 Å². The molecule has 6 heteroatoms. The second kappa shape index (κ2) is 8.24. The third-order valence-corrected chi connectivity index (χ3v) is 4.05. The van der Waals surface area contributed by atoms with Gasteiger partial charge < -0.3 is 10.6 Å². The number of hydrogen-bond donors (Lipinski definition) is 2. The molecule has 23 heavy (non-hydrogen) atoms. The molecule has 120 valence electrons. The highest BCUT2D eigenvalue weighted by Crippen LogP contribution is 2.28. The molecule has 0 saturated carbocycles. The van der Waals surface area contributed by atoms with Crippen LogP contribution in [0.4, 0.5) is 4.39 Å². The Morgan fingerprint density at radius 2 is 1.78 bits per heavy atom. The number of nitrogens with one attached hydrogen (secondary N) is 2. The number of benzene rings is 1. The van der Waals surface area contributed by atoms with Crippen molar-refractivity contribution in [2.45, 2.75) is 6.92 Å². The molecule has 0 aliphatic carbocycles. The van der Waals surface area contributed by atoms with E-state index in [1.165, 1.54) is 36.5 Å². The van der Waals surface area contributed by atoms with Crippen molar-refractivity contribution in [1.29, 1.82) is 0 Å². The minimum Gasteiger partial charge on any atom is -0.355 e. The van der Waals surface area contributed by atoms with Crippen molar-refractivity contribution < 1.29 is 14.0 Å². The Kier molecular flexibility index (Phi) is 6.05. The molecule has 1 aromatic carbocycles. The van der Waals surface area contributed by atoms with Crippen molar-refractivity contribution in [3.8, 4) is 10.4 Å². The molecule has 2 aromatic rings. The fourth-order valence-electron chi connectivity index (χ4n) is 1.85. The zero-order chi connectivity index (χ0) is 16.7. The van der Waals surface area contributed by atoms with Crippen LogP contribution in [0, 0.1) is 5.82 Å². The van der Waals surface area contributed by atoms with Gasteiger partial charge >= 0.3 is 0 Å². The minimum absolute atomic E-state index is 0.123. The molecule has 0 aliphatic heterocycles. The molecule has 2 amide bonds. The van der Waals surface area contributed by atoms with E-state index in [0.717, 1.165) is 15.3 Å². The molecular weight excluding hydrogens is 315 g/mol. The van der Waals surface area contributed by atoms with Gasteiger partial charge in [-0.2, -0.15) is 0 Å². The first-order valence-electron chi connectivity index (χ1n) is 7.11. The van der Waals surface area contributed by atoms with E-state index in [9.17, 15) is 14.0 Å². The normalized spacial score (nSPS) is 10.7. The second-order valence-electron chi connectivity index (χ2n) is 4.82. The van der Waals surface area contributed by atoms with E-state index in [-0.39, 0.29) is 17.6 Å². The predicted molar refractivity (Wildman–Crippen MR) is 90.4 cm³/mol. The van der Waals surface area contributed by atoms with E-state index in [1.807, 2.05) is 12.1 Å². The number of rotatable bonds is 6. The topological polar surface area (TPSA) is 58.2 Å². The van der Waals surface area contributed by atoms with Crippen molar-refractivity contribution in [2.75, 3.05) is 13.1 Å². The van der Waals surface area contributed by atoms with Crippen molar-refractivity contribution in [3.63, 3.8) is 0 Å². The Hall–Kier alpha value is -2.47. The van der Waals surface area contributed by atoms with Crippen LogP contribution in [0.2, 0.25) is 0 Å². The molecule has 0 aliphatic rings. The van der Waals surface area contributed by atoms with E-state index in [0.29, 0.717) is 13.1 Å². The summed E-state index contributed by atoms with van der Waals surface area (Å²) < 4.78 is 12.9. The fourth-order valence-corrected chi connectivity index (χ4v) is 2.77. The second-order valence-corrected chi connectivity index (χ2v) is 5.93. The Bertz CT molecular complexity index is 708. The van der Waals surface area contributed by atoms with Crippen LogP contribution < -0.4 is 10.6 Å². The number of carbonyl (C=O) groups excluding carboxylic acids is 2. The van der Waals surface area contributed by atoms with E-state index >= 15 is 0 Å². The molecule has 0 bridgehead atoms. The summed E-state index contributed by atoms with van der Waals surface area (Å²) in [7, 11) is 0. The summed E-state index contributed by atoms with van der Waals surface area (Å²) in [6.45, 7) is 2.22. The summed E-state index contributed by atoms with van der Waals surface area (Å²) in [5.41, 5.74) is 0.941. The van der Waals surface area contributed by atoms with E-state index in [4.69, 9.17) is 0 Å². The molecular formula is C17H17FN2O2S. The highest BCUT2D eigenvalue weighted by Gasteiger charge is 2.02. The molecule has 0 radical (unpaired) electrons. The summed E-state index contributed by atoms with van der Waals surface area (Å²) in [5, 5.41) is 5.27. The quantitative estimate of drug-likeness (QED) is 0.631. The van der Waals surface area contributed by atoms with Gasteiger partial charge in [-0.1, -0.05) is 12.1 Å². The highest BCUT2D eigenvalue weighted by molar-refractivity contribution is 7.16. The Morgan fingerprint density at radius 3 is 2.48 bits per heavy atom. The molecule has 0 spiro atoms. The average Bonchev–Trinajstić information content (AvgIpc) is 2.99. The van der Waals surface area contributed by atoms with Crippen LogP contribution >= 0.6 is 11.3 Å². The Morgan fingerprint density at radius 1 is 1.09 bits per heavy atom. The van der Waals surface area contributed by atoms with Gasteiger partial charge in [0.25, 0.3) is 0 Å². The average molecular weight is 332 g/mol. The maximum Gasteiger partial charge on any atom is 0.244 e. The molecule has 0 fully saturated rings. The summed E-state index contributed by atoms with van der Waals surface area (Å²) in [6, 6.07) is 10.1. The molecule has 2 N–H and O–H groups in total. The number of thiophene rings is 1. The zero-order valence-corrected chi connectivity index (χ0v) is 13.5. The lowest BCUT2D eigenvalue weighted by atomic mass is 10.2. The molecule has 4 nitrogen and oxygen atoms in total. The number of amides is 2. The molecule has 1 heterocycles. The summed E-state index contributed by atoms with van der Waals surface area (Å²) in [5.74, 6) is -0.602. The van der Waals surface area contributed by atoms with Gasteiger partial charge in [-0.05, 0) is 35.9 Å². The van der Waals surface area contributed by atoms with Crippen LogP contribution in [0.5, 0.6) is 0 Å². The van der Waals surface area contributed by atoms with E-state index in [2.05, 4.69) is 10.6 Å². The van der Waals surface area contributed by atoms with Crippen molar-refractivity contribution >= 4 is 29.2 Å². The first-order valence-corrected chi connectivity index (χ1v) is 7.92. The van der Waals surface area contributed by atoms with Gasteiger partial charge in [0.05, 0.1) is 0 Å². The van der Waals surface area contributed by atoms with Gasteiger partial charge in [-0.3, -0.25) is 9.59 Å². The summed E-state index contributed by atoms with van der Waals surface area (Å²) in [6.07, 6.45) is 3.18. The summed E-state index contributed by atoms with van der Waals surface area (Å²) in [4.78, 5) is 24.2. The van der Waals surface area contributed by atoms with Gasteiger partial charge in [0.1, 0.15) is 5.82 Å². The van der Waals surface area contributed by atoms with Gasteiger partial charge in [0.15, 0.2) is 0 Å². The lowest BCUT2D eigenvalue weighted by Gasteiger charge is -2.02. The lowest BCUT2D eigenvalue weighted by molar-refractivity contribution is -0.119. The molecule has 0 unspecified atom stereocenters. The zero-order valence-electron chi connectivity index (χ0n) is 12.6. The van der Waals surface area contributed by atoms with E-state index in [1.54, 1.807) is 18.2 Å². The van der Waals surface area contributed by atoms with Crippen LogP contribution in [-0.2, 0) is 9.59 Å². The van der Waals surface area contributed by atoms with Gasteiger partial charge in [-0.15, -0.1) is 11.3 Å². The minimum atomic E-state index is -0.263. The monoisotopic (exact) mass is 332 g/mol. The van der Waals surface area contributed by atoms with Crippen molar-refractivity contribution in [3.05, 3.63) is 53.2 Å². The number of carbonyl (C=O) groups is 2. The third-order valence-electron chi connectivity index (χ3n) is 2.95.